The van der Waals surface area contributed by atoms with E-state index in [0.717, 1.165) is 18.4 Å². The number of benzene rings is 3. The van der Waals surface area contributed by atoms with Crippen molar-refractivity contribution in [3.05, 3.63) is 102 Å². The number of likely N-dealkylation sites (tertiary alicyclic amines) is 1. The molecular formula is C28H27N3O4. The molecule has 3 aromatic carbocycles. The molecule has 0 aromatic heterocycles. The van der Waals surface area contributed by atoms with Crippen molar-refractivity contribution in [3.8, 4) is 0 Å². The van der Waals surface area contributed by atoms with Crippen molar-refractivity contribution in [2.75, 3.05) is 18.4 Å². The van der Waals surface area contributed by atoms with Gasteiger partial charge in [-0.05, 0) is 48.2 Å². The van der Waals surface area contributed by atoms with Crippen LogP contribution in [-0.4, -0.2) is 46.8 Å². The second-order valence-electron chi connectivity index (χ2n) is 8.84. The van der Waals surface area contributed by atoms with E-state index in [4.69, 9.17) is 4.74 Å². The normalized spacial score (nSPS) is 19.5. The van der Waals surface area contributed by atoms with Crippen LogP contribution >= 0.6 is 0 Å². The number of rotatable bonds is 6. The molecule has 2 atom stereocenters. The third kappa shape index (κ3) is 4.89. The molecule has 0 saturated carbocycles. The van der Waals surface area contributed by atoms with Crippen LogP contribution in [0.25, 0.3) is 0 Å². The molecule has 178 valence electrons. The summed E-state index contributed by atoms with van der Waals surface area (Å²) in [5.74, 6) is -0.338. The average molecular weight is 470 g/mol. The summed E-state index contributed by atoms with van der Waals surface area (Å²) in [4.78, 5) is 42.6. The zero-order valence-electron chi connectivity index (χ0n) is 19.3. The summed E-state index contributed by atoms with van der Waals surface area (Å²) in [5.41, 5.74) is 2.70. The first-order chi connectivity index (χ1) is 17.1. The number of hydrogen-bond acceptors (Lipinski definition) is 4. The summed E-state index contributed by atoms with van der Waals surface area (Å²) >= 11 is 0. The lowest BCUT2D eigenvalue weighted by molar-refractivity contribution is -0.135. The average Bonchev–Trinajstić information content (AvgIpc) is 3.54. The lowest BCUT2D eigenvalue weighted by Crippen LogP contribution is -2.47. The zero-order chi connectivity index (χ0) is 24.2. The molecule has 2 heterocycles. The maximum Gasteiger partial charge on any atom is 0.411 e. The van der Waals surface area contributed by atoms with Gasteiger partial charge in [0.25, 0.3) is 5.91 Å². The predicted octanol–water partition coefficient (Wildman–Crippen LogP) is 4.62. The molecule has 2 aliphatic heterocycles. The van der Waals surface area contributed by atoms with Gasteiger partial charge in [0, 0.05) is 24.3 Å². The van der Waals surface area contributed by atoms with Gasteiger partial charge >= 0.3 is 6.09 Å². The van der Waals surface area contributed by atoms with E-state index in [9.17, 15) is 14.4 Å². The molecule has 0 spiro atoms. The smallest absolute Gasteiger partial charge is 0.411 e. The Kier molecular flexibility index (Phi) is 6.48. The molecule has 2 saturated heterocycles. The van der Waals surface area contributed by atoms with Crippen molar-refractivity contribution >= 4 is 23.6 Å². The van der Waals surface area contributed by atoms with Gasteiger partial charge in [0.1, 0.15) is 0 Å². The maximum absolute atomic E-state index is 13.6. The molecule has 0 bridgehead atoms. The van der Waals surface area contributed by atoms with Crippen LogP contribution in [0.1, 0.15) is 40.4 Å². The number of nitrogens with zero attached hydrogens (tertiary/aromatic N) is 2. The minimum absolute atomic E-state index is 0.104. The summed E-state index contributed by atoms with van der Waals surface area (Å²) < 4.78 is 5.80. The van der Waals surface area contributed by atoms with E-state index in [0.29, 0.717) is 29.9 Å². The highest BCUT2D eigenvalue weighted by Gasteiger charge is 2.48. The Labute approximate surface area is 204 Å². The summed E-state index contributed by atoms with van der Waals surface area (Å²) in [6.45, 7) is 1.65. The predicted molar refractivity (Wildman–Crippen MR) is 132 cm³/mol. The second kappa shape index (κ2) is 10.0. The zero-order valence-corrected chi connectivity index (χ0v) is 19.3. The third-order valence-electron chi connectivity index (χ3n) is 6.46. The molecule has 2 unspecified atom stereocenters. The lowest BCUT2D eigenvalue weighted by Gasteiger charge is -2.28. The van der Waals surface area contributed by atoms with Crippen molar-refractivity contribution < 1.29 is 19.1 Å². The van der Waals surface area contributed by atoms with Gasteiger partial charge in [0.15, 0.2) is 12.1 Å². The van der Waals surface area contributed by atoms with E-state index in [1.54, 1.807) is 42.5 Å². The fraction of sp³-hybridized carbons (Fsp3) is 0.250. The number of amides is 3. The van der Waals surface area contributed by atoms with E-state index in [2.05, 4.69) is 5.32 Å². The highest BCUT2D eigenvalue weighted by atomic mass is 16.6. The molecule has 3 aromatic rings. The Morgan fingerprint density at radius 1 is 0.886 bits per heavy atom. The van der Waals surface area contributed by atoms with E-state index >= 15 is 0 Å². The number of carbonyl (C=O) groups is 3. The van der Waals surface area contributed by atoms with Crippen LogP contribution in [0.4, 0.5) is 10.5 Å². The molecule has 0 aliphatic carbocycles. The topological polar surface area (TPSA) is 79.0 Å². The molecule has 3 amide bonds. The maximum atomic E-state index is 13.6. The van der Waals surface area contributed by atoms with Crippen LogP contribution in [-0.2, 0) is 16.1 Å². The van der Waals surface area contributed by atoms with Crippen LogP contribution in [0, 0.1) is 0 Å². The monoisotopic (exact) mass is 469 g/mol. The molecule has 7 heteroatoms. The summed E-state index contributed by atoms with van der Waals surface area (Å²) in [6.07, 6.45) is 0.623. The lowest BCUT2D eigenvalue weighted by atomic mass is 9.99. The van der Waals surface area contributed by atoms with E-state index in [1.165, 1.54) is 4.90 Å². The summed E-state index contributed by atoms with van der Waals surface area (Å²) in [6, 6.07) is 24.9. The number of cyclic esters (lactones) is 1. The molecule has 5 rings (SSSR count). The molecule has 1 N–H and O–H groups in total. The molecule has 0 radical (unpaired) electrons. The van der Waals surface area contributed by atoms with Crippen molar-refractivity contribution in [1.82, 2.24) is 9.80 Å². The van der Waals surface area contributed by atoms with Crippen LogP contribution < -0.4 is 5.32 Å². The molecule has 2 fully saturated rings. The molecular weight excluding hydrogens is 442 g/mol. The number of carbonyl (C=O) groups excluding carboxylic acids is 3. The Bertz CT molecular complexity index is 1210. The van der Waals surface area contributed by atoms with Gasteiger partial charge in [-0.3, -0.25) is 14.5 Å². The molecule has 7 nitrogen and oxygen atoms in total. The van der Waals surface area contributed by atoms with Gasteiger partial charge in [-0.15, -0.1) is 0 Å². The first-order valence-corrected chi connectivity index (χ1v) is 11.9. The quantitative estimate of drug-likeness (QED) is 0.571. The Balaban J connectivity index is 1.43. The first-order valence-electron chi connectivity index (χ1n) is 11.9. The number of nitrogens with one attached hydrogen (secondary N) is 1. The third-order valence-corrected chi connectivity index (χ3v) is 6.46. The second-order valence-corrected chi connectivity index (χ2v) is 8.84. The van der Waals surface area contributed by atoms with E-state index < -0.39 is 18.2 Å². The van der Waals surface area contributed by atoms with Crippen LogP contribution in [0.15, 0.2) is 84.9 Å². The van der Waals surface area contributed by atoms with E-state index in [-0.39, 0.29) is 18.4 Å². The van der Waals surface area contributed by atoms with Crippen molar-refractivity contribution in [2.45, 2.75) is 31.5 Å². The van der Waals surface area contributed by atoms with Gasteiger partial charge in [-0.1, -0.05) is 60.7 Å². The van der Waals surface area contributed by atoms with Crippen LogP contribution in [0.2, 0.25) is 0 Å². The Morgan fingerprint density at radius 2 is 1.57 bits per heavy atom. The van der Waals surface area contributed by atoms with Crippen LogP contribution in [0.3, 0.4) is 0 Å². The van der Waals surface area contributed by atoms with E-state index in [1.807, 2.05) is 47.4 Å². The number of ether oxygens (including phenoxy) is 1. The van der Waals surface area contributed by atoms with Crippen molar-refractivity contribution in [1.29, 1.82) is 0 Å². The molecule has 35 heavy (non-hydrogen) atoms. The standard InChI is InChI=1S/C28H27N3O4/c32-26(21-12-5-2-6-13-21)29-23-15-9-14-22(18-23)25-24(27(33)30-16-7-8-17-30)31(28(34)35-25)19-20-10-3-1-4-11-20/h1-6,9-15,18,24-25H,7-8,16-17,19H2,(H,29,32). The van der Waals surface area contributed by atoms with Gasteiger partial charge in [0.05, 0.1) is 6.54 Å². The van der Waals surface area contributed by atoms with Gasteiger partial charge in [-0.25, -0.2) is 4.79 Å². The van der Waals surface area contributed by atoms with Crippen molar-refractivity contribution in [3.63, 3.8) is 0 Å². The highest BCUT2D eigenvalue weighted by molar-refractivity contribution is 6.04. The Hall–Kier alpha value is -4.13. The van der Waals surface area contributed by atoms with Crippen LogP contribution in [0.5, 0.6) is 0 Å². The fourth-order valence-corrected chi connectivity index (χ4v) is 4.68. The SMILES string of the molecule is O=C(Nc1cccc(C2OC(=O)N(Cc3ccccc3)C2C(=O)N2CCCC2)c1)c1ccccc1. The minimum Gasteiger partial charge on any atom is -0.438 e. The number of hydrogen-bond donors (Lipinski definition) is 1. The first kappa shape index (κ1) is 22.7. The largest absolute Gasteiger partial charge is 0.438 e. The molecule has 2 aliphatic rings. The highest BCUT2D eigenvalue weighted by Crippen LogP contribution is 2.36. The fourth-order valence-electron chi connectivity index (χ4n) is 4.68. The summed E-state index contributed by atoms with van der Waals surface area (Å²) in [5, 5.41) is 2.90. The van der Waals surface area contributed by atoms with Gasteiger partial charge < -0.3 is 15.0 Å². The number of anilines is 1. The van der Waals surface area contributed by atoms with Crippen molar-refractivity contribution in [2.24, 2.45) is 0 Å². The van der Waals surface area contributed by atoms with Gasteiger partial charge in [0.2, 0.25) is 5.91 Å². The summed E-state index contributed by atoms with van der Waals surface area (Å²) in [7, 11) is 0. The van der Waals surface area contributed by atoms with Gasteiger partial charge in [-0.2, -0.15) is 0 Å². The Morgan fingerprint density at radius 3 is 2.29 bits per heavy atom. The minimum atomic E-state index is -0.777.